The number of aromatic nitrogens is 2. The highest BCUT2D eigenvalue weighted by Crippen LogP contribution is 2.22. The van der Waals surface area contributed by atoms with Gasteiger partial charge >= 0.3 is 12.1 Å². The van der Waals surface area contributed by atoms with Crippen molar-refractivity contribution < 1.29 is 38.6 Å². The van der Waals surface area contributed by atoms with Gasteiger partial charge in [-0.2, -0.15) is 0 Å². The van der Waals surface area contributed by atoms with Crippen molar-refractivity contribution >= 4 is 35.5 Å². The summed E-state index contributed by atoms with van der Waals surface area (Å²) in [6.45, 7) is 8.50. The van der Waals surface area contributed by atoms with E-state index in [1.54, 1.807) is 89.2 Å². The highest BCUT2D eigenvalue weighted by molar-refractivity contribution is 6.03. The number of carbonyl (C=O) groups is 5. The van der Waals surface area contributed by atoms with E-state index < -0.39 is 78.0 Å². The lowest BCUT2D eigenvalue weighted by Gasteiger charge is -2.35. The Kier molecular flexibility index (Phi) is 15.5. The van der Waals surface area contributed by atoms with Crippen LogP contribution in [0.4, 0.5) is 10.5 Å². The van der Waals surface area contributed by atoms with Gasteiger partial charge in [-0.25, -0.2) is 14.6 Å². The molecular weight excluding hydrogens is 682 g/mol. The fourth-order valence-corrected chi connectivity index (χ4v) is 5.60. The van der Waals surface area contributed by atoms with Gasteiger partial charge in [0.05, 0.1) is 31.7 Å². The number of ether oxygens (including phenoxy) is 2. The van der Waals surface area contributed by atoms with Crippen molar-refractivity contribution in [3.05, 3.63) is 83.9 Å². The number of nitrogens with one attached hydrogen (secondary N) is 3. The van der Waals surface area contributed by atoms with Gasteiger partial charge in [-0.15, -0.1) is 0 Å². The molecule has 3 aromatic rings. The maximum atomic E-state index is 14.7. The van der Waals surface area contributed by atoms with Gasteiger partial charge in [-0.05, 0) is 56.4 Å². The molecule has 0 fully saturated rings. The molecule has 2 aromatic carbocycles. The lowest BCUT2D eigenvalue weighted by atomic mass is 9.94. The van der Waals surface area contributed by atoms with Crippen LogP contribution in [0, 0.1) is 5.92 Å². The van der Waals surface area contributed by atoms with Crippen molar-refractivity contribution in [1.82, 2.24) is 25.5 Å². The van der Waals surface area contributed by atoms with Gasteiger partial charge < -0.3 is 41.7 Å². The van der Waals surface area contributed by atoms with Crippen LogP contribution in [0.5, 0.6) is 0 Å². The van der Waals surface area contributed by atoms with Crippen molar-refractivity contribution in [2.24, 2.45) is 11.7 Å². The van der Waals surface area contributed by atoms with Crippen LogP contribution in [0.2, 0.25) is 0 Å². The number of rotatable bonds is 17. The minimum absolute atomic E-state index is 0.0353. The fraction of sp³-hybridized carbons (Fsp3) is 0.474. The molecule has 0 aliphatic carbocycles. The highest BCUT2D eigenvalue weighted by Gasteiger charge is 2.43. The smallest absolute Gasteiger partial charge is 0.408 e. The summed E-state index contributed by atoms with van der Waals surface area (Å²) in [6, 6.07) is 10.8. The summed E-state index contributed by atoms with van der Waals surface area (Å²) >= 11 is 0. The monoisotopic (exact) mass is 735 g/mol. The number of alkyl carbamates (subject to hydrolysis) is 1. The zero-order valence-electron chi connectivity index (χ0n) is 31.2. The minimum atomic E-state index is -1.47. The molecule has 0 radical (unpaired) electrons. The number of nitrogen functional groups attached to an aromatic ring is 1. The summed E-state index contributed by atoms with van der Waals surface area (Å²) in [5.41, 5.74) is 13.6. The minimum Gasteiger partial charge on any atom is -0.467 e. The zero-order chi connectivity index (χ0) is 39.3. The van der Waals surface area contributed by atoms with Gasteiger partial charge in [0.2, 0.25) is 11.8 Å². The van der Waals surface area contributed by atoms with Crippen LogP contribution in [0.1, 0.15) is 64.3 Å². The van der Waals surface area contributed by atoms with Crippen molar-refractivity contribution in [3.8, 4) is 0 Å². The predicted octanol–water partition coefficient (Wildman–Crippen LogP) is 2.42. The molecule has 0 aliphatic rings. The number of imide groups is 1. The molecule has 0 spiro atoms. The number of benzene rings is 2. The second-order valence-corrected chi connectivity index (χ2v) is 14.1. The summed E-state index contributed by atoms with van der Waals surface area (Å²) in [7, 11) is 1.14. The lowest BCUT2D eigenvalue weighted by molar-refractivity contribution is -0.164. The van der Waals surface area contributed by atoms with Gasteiger partial charge in [0, 0.05) is 30.8 Å². The molecule has 3 rings (SSSR count). The molecule has 0 aliphatic heterocycles. The Morgan fingerprint density at radius 2 is 1.58 bits per heavy atom. The molecule has 0 saturated heterocycles. The topological polar surface area (TPSA) is 232 Å². The van der Waals surface area contributed by atoms with E-state index in [0.29, 0.717) is 23.4 Å². The highest BCUT2D eigenvalue weighted by atomic mass is 16.6. The first-order valence-electron chi connectivity index (χ1n) is 17.6. The Bertz CT molecular complexity index is 1640. The number of anilines is 1. The lowest BCUT2D eigenvalue weighted by Crippen LogP contribution is -2.61. The van der Waals surface area contributed by atoms with Crippen LogP contribution in [-0.4, -0.2) is 92.7 Å². The molecular formula is C38H53N7O8. The van der Waals surface area contributed by atoms with Crippen molar-refractivity contribution in [3.63, 3.8) is 0 Å². The van der Waals surface area contributed by atoms with Crippen molar-refractivity contribution in [2.45, 2.75) is 103 Å². The van der Waals surface area contributed by atoms with E-state index in [1.165, 1.54) is 12.5 Å². The maximum Gasteiger partial charge on any atom is 0.408 e. The van der Waals surface area contributed by atoms with E-state index >= 15 is 0 Å². The second kappa shape index (κ2) is 19.5. The predicted molar refractivity (Wildman–Crippen MR) is 198 cm³/mol. The molecule has 15 nitrogen and oxygen atoms in total. The van der Waals surface area contributed by atoms with Gasteiger partial charge in [-0.1, -0.05) is 62.7 Å². The number of nitrogens with two attached hydrogens (primary N) is 2. The summed E-state index contributed by atoms with van der Waals surface area (Å²) in [4.78, 5) is 76.9. The summed E-state index contributed by atoms with van der Waals surface area (Å²) in [5.74, 6) is -4.06. The van der Waals surface area contributed by atoms with E-state index in [0.717, 1.165) is 17.6 Å². The number of imidazole rings is 1. The van der Waals surface area contributed by atoms with Gasteiger partial charge in [0.15, 0.2) is 0 Å². The summed E-state index contributed by atoms with van der Waals surface area (Å²) in [5, 5.41) is 16.4. The number of amides is 4. The van der Waals surface area contributed by atoms with Crippen LogP contribution < -0.4 is 22.1 Å². The third-order valence-corrected chi connectivity index (χ3v) is 8.61. The standard InChI is InChI=1S/C38H53N7O8/c1-7-23(2)33(36(50)52-6)45(32(47)20-31(46)28(40)17-25-13-15-26(39)16-14-25)35(49)30(19-27-21-41-22-42-27)43-34(48)29(18-24-11-9-8-10-12-24)44-37(51)53-38(3,4)5/h8-16,21-23,28-31,33,46H,7,17-20,39-40H2,1-6H3,(H,41,42)(H,43,48)(H,44,51)/t23-,28+,29+,30+,31?,33+/m1/s1. The Labute approximate surface area is 310 Å². The first kappa shape index (κ1) is 42.1. The Balaban J connectivity index is 2.00. The molecule has 1 heterocycles. The number of aromatic amines is 1. The number of hydrogen-bond donors (Lipinski definition) is 6. The largest absolute Gasteiger partial charge is 0.467 e. The molecule has 53 heavy (non-hydrogen) atoms. The van der Waals surface area contributed by atoms with Crippen LogP contribution in [0.25, 0.3) is 0 Å². The normalized spacial score (nSPS) is 14.8. The van der Waals surface area contributed by atoms with E-state index in [4.69, 9.17) is 20.9 Å². The molecule has 4 amide bonds. The number of H-pyrrole nitrogens is 1. The van der Waals surface area contributed by atoms with Gasteiger partial charge in [0.1, 0.15) is 23.7 Å². The molecule has 0 saturated carbocycles. The van der Waals surface area contributed by atoms with E-state index in [2.05, 4.69) is 20.6 Å². The van der Waals surface area contributed by atoms with E-state index in [9.17, 15) is 29.1 Å². The number of esters is 1. The SMILES string of the molecule is CC[C@@H](C)[C@@H](C(=O)OC)N(C(=O)CC(O)[C@@H](N)Cc1ccc(N)cc1)C(=O)[C@H](Cc1c[nH]cn1)NC(=O)[C@H](Cc1ccccc1)NC(=O)OC(C)(C)C. The summed E-state index contributed by atoms with van der Waals surface area (Å²) in [6.07, 6.45) is 0.413. The van der Waals surface area contributed by atoms with Crippen LogP contribution in [-0.2, 0) is 47.9 Å². The molecule has 8 N–H and O–H groups in total. The Morgan fingerprint density at radius 1 is 0.943 bits per heavy atom. The van der Waals surface area contributed by atoms with Gasteiger partial charge in [0.25, 0.3) is 5.91 Å². The molecule has 1 aromatic heterocycles. The average Bonchev–Trinajstić information content (AvgIpc) is 3.62. The van der Waals surface area contributed by atoms with Crippen LogP contribution in [0.15, 0.2) is 67.1 Å². The third-order valence-electron chi connectivity index (χ3n) is 8.61. The average molecular weight is 736 g/mol. The summed E-state index contributed by atoms with van der Waals surface area (Å²) < 4.78 is 10.5. The Morgan fingerprint density at radius 3 is 2.15 bits per heavy atom. The number of aliphatic hydroxyl groups excluding tert-OH is 1. The number of nitrogens with zero attached hydrogens (tertiary/aromatic N) is 2. The van der Waals surface area contributed by atoms with Gasteiger partial charge in [-0.3, -0.25) is 19.3 Å². The fourth-order valence-electron chi connectivity index (χ4n) is 5.60. The van der Waals surface area contributed by atoms with Crippen molar-refractivity contribution in [1.29, 1.82) is 0 Å². The van der Waals surface area contributed by atoms with Crippen LogP contribution >= 0.6 is 0 Å². The first-order chi connectivity index (χ1) is 25.0. The number of carbonyl (C=O) groups excluding carboxylic acids is 5. The number of hydrogen-bond acceptors (Lipinski definition) is 11. The number of aliphatic hydroxyl groups is 1. The van der Waals surface area contributed by atoms with Crippen LogP contribution in [0.3, 0.4) is 0 Å². The van der Waals surface area contributed by atoms with E-state index in [1.807, 2.05) is 0 Å². The van der Waals surface area contributed by atoms with E-state index in [-0.39, 0.29) is 19.3 Å². The number of methoxy groups -OCH3 is 1. The third kappa shape index (κ3) is 13.0. The molecule has 0 bridgehead atoms. The zero-order valence-corrected chi connectivity index (χ0v) is 31.2. The first-order valence-corrected chi connectivity index (χ1v) is 17.6. The quantitative estimate of drug-likeness (QED) is 0.0871. The molecule has 15 heteroatoms. The second-order valence-electron chi connectivity index (χ2n) is 14.1. The molecule has 1 unspecified atom stereocenters. The van der Waals surface area contributed by atoms with Crippen molar-refractivity contribution in [2.75, 3.05) is 12.8 Å². The maximum absolute atomic E-state index is 14.7. The molecule has 6 atom stereocenters. The Hall–Kier alpha value is -5.28. The molecule has 288 valence electrons.